The topological polar surface area (TPSA) is 78.2 Å². The van der Waals surface area contributed by atoms with Crippen LogP contribution in [-0.4, -0.2) is 46.1 Å². The minimum atomic E-state index is -0.248. The molecule has 120 valence electrons. The average molecular weight is 331 g/mol. The number of nitrogens with one attached hydrogen (secondary N) is 2. The molecule has 1 aliphatic carbocycles. The molecule has 2 aliphatic rings. The third-order valence-corrected chi connectivity index (χ3v) is 4.99. The molecule has 2 aromatic rings. The fourth-order valence-corrected chi connectivity index (χ4v) is 3.58. The van der Waals surface area contributed by atoms with Gasteiger partial charge in [-0.2, -0.15) is 0 Å². The molecule has 2 fully saturated rings. The van der Waals surface area contributed by atoms with E-state index < -0.39 is 0 Å². The molecule has 0 unspecified atom stereocenters. The van der Waals surface area contributed by atoms with Gasteiger partial charge in [0, 0.05) is 12.1 Å². The highest BCUT2D eigenvalue weighted by atomic mass is 32.1. The summed E-state index contributed by atoms with van der Waals surface area (Å²) in [6.45, 7) is 1.83. The van der Waals surface area contributed by atoms with Crippen molar-refractivity contribution in [3.05, 3.63) is 38.9 Å². The summed E-state index contributed by atoms with van der Waals surface area (Å²) in [5.41, 5.74) is 0.769. The average Bonchev–Trinajstić information content (AvgIpc) is 2.52. The molecule has 0 bridgehead atoms. The van der Waals surface area contributed by atoms with Crippen molar-refractivity contribution in [2.75, 3.05) is 19.7 Å². The number of fused-ring (bicyclic) bond motifs is 1. The van der Waals surface area contributed by atoms with Gasteiger partial charge < -0.3 is 14.6 Å². The van der Waals surface area contributed by atoms with Gasteiger partial charge in [-0.05, 0) is 49.7 Å². The van der Waals surface area contributed by atoms with Gasteiger partial charge in [0.2, 0.25) is 0 Å². The molecule has 7 heteroatoms. The molecule has 1 aromatic heterocycles. The second-order valence-corrected chi connectivity index (χ2v) is 6.69. The lowest BCUT2D eigenvalue weighted by molar-refractivity contribution is -0.142. The summed E-state index contributed by atoms with van der Waals surface area (Å²) in [6.07, 6.45) is 3.21. The number of rotatable bonds is 1. The van der Waals surface area contributed by atoms with Crippen molar-refractivity contribution in [2.45, 2.75) is 24.9 Å². The molecular weight excluding hydrogens is 314 g/mol. The summed E-state index contributed by atoms with van der Waals surface area (Å²) in [5.74, 6) is -0.0268. The maximum Gasteiger partial charge on any atom is 0.259 e. The van der Waals surface area contributed by atoms with E-state index in [0.717, 1.165) is 19.3 Å². The number of amides is 1. The molecule has 2 heterocycles. The van der Waals surface area contributed by atoms with Crippen molar-refractivity contribution >= 4 is 29.0 Å². The number of nitrogens with zero attached hydrogens (tertiary/aromatic N) is 1. The largest absolute Gasteiger partial charge is 0.371 e. The van der Waals surface area contributed by atoms with Gasteiger partial charge in [-0.15, -0.1) is 0 Å². The van der Waals surface area contributed by atoms with Crippen molar-refractivity contribution in [1.29, 1.82) is 0 Å². The molecule has 1 saturated heterocycles. The number of hydrogen-bond acceptors (Lipinski definition) is 4. The molecule has 1 saturated carbocycles. The van der Waals surface area contributed by atoms with Gasteiger partial charge in [0.25, 0.3) is 11.5 Å². The van der Waals surface area contributed by atoms with Crippen LogP contribution in [-0.2, 0) is 4.74 Å². The number of hydrogen-bond donors (Lipinski definition) is 2. The minimum absolute atomic E-state index is 0.0268. The van der Waals surface area contributed by atoms with Crippen LogP contribution in [0.15, 0.2) is 23.0 Å². The van der Waals surface area contributed by atoms with Crippen LogP contribution in [0.1, 0.15) is 29.6 Å². The van der Waals surface area contributed by atoms with Crippen LogP contribution in [0.4, 0.5) is 0 Å². The molecule has 1 aromatic carbocycles. The highest BCUT2D eigenvalue weighted by Gasteiger charge is 2.43. The zero-order valence-electron chi connectivity index (χ0n) is 12.6. The smallest absolute Gasteiger partial charge is 0.259 e. The van der Waals surface area contributed by atoms with Gasteiger partial charge in [-0.1, -0.05) is 0 Å². The first-order valence-electron chi connectivity index (χ1n) is 7.76. The number of benzene rings is 1. The standard InChI is InChI=1S/C16H17N3O3S/c20-13-11-3-2-10(8-12(11)17-15(23)18-13)14(21)19-6-7-22-16(9-19)4-1-5-16/h2-3,8H,1,4-7,9H2,(H2,17,18,20,23). The maximum absolute atomic E-state index is 12.8. The second kappa shape index (κ2) is 5.28. The molecule has 2 N–H and O–H groups in total. The van der Waals surface area contributed by atoms with Gasteiger partial charge in [0.05, 0.1) is 29.7 Å². The van der Waals surface area contributed by atoms with Crippen LogP contribution >= 0.6 is 12.2 Å². The second-order valence-electron chi connectivity index (χ2n) is 6.28. The number of ether oxygens (including phenoxy) is 1. The number of aromatic nitrogens is 2. The van der Waals surface area contributed by atoms with E-state index in [1.165, 1.54) is 0 Å². The van der Waals surface area contributed by atoms with Crippen molar-refractivity contribution in [1.82, 2.24) is 14.9 Å². The summed E-state index contributed by atoms with van der Waals surface area (Å²) in [5, 5.41) is 0.493. The maximum atomic E-state index is 12.8. The first-order valence-corrected chi connectivity index (χ1v) is 8.17. The summed E-state index contributed by atoms with van der Waals surface area (Å²) < 4.78 is 6.12. The highest BCUT2D eigenvalue weighted by Crippen LogP contribution is 2.38. The quantitative estimate of drug-likeness (QED) is 0.783. The van der Waals surface area contributed by atoms with E-state index in [-0.39, 0.29) is 21.8 Å². The van der Waals surface area contributed by atoms with Crippen molar-refractivity contribution in [2.24, 2.45) is 0 Å². The fraction of sp³-hybridized carbons (Fsp3) is 0.438. The summed E-state index contributed by atoms with van der Waals surface area (Å²) in [4.78, 5) is 32.0. The zero-order valence-corrected chi connectivity index (χ0v) is 13.4. The Kier molecular flexibility index (Phi) is 3.35. The van der Waals surface area contributed by atoms with Crippen molar-refractivity contribution < 1.29 is 9.53 Å². The van der Waals surface area contributed by atoms with E-state index in [1.807, 2.05) is 4.90 Å². The predicted molar refractivity (Wildman–Crippen MR) is 88.2 cm³/mol. The van der Waals surface area contributed by atoms with E-state index in [4.69, 9.17) is 17.0 Å². The third-order valence-electron chi connectivity index (χ3n) is 4.79. The van der Waals surface area contributed by atoms with Crippen LogP contribution in [0.5, 0.6) is 0 Å². The summed E-state index contributed by atoms with van der Waals surface area (Å²) in [7, 11) is 0. The van der Waals surface area contributed by atoms with Gasteiger partial charge in [-0.25, -0.2) is 0 Å². The molecule has 0 radical (unpaired) electrons. The lowest BCUT2D eigenvalue weighted by Crippen LogP contribution is -2.57. The zero-order chi connectivity index (χ0) is 16.0. The number of aromatic amines is 2. The SMILES string of the molecule is O=C(c1ccc2c(=O)[nH]c(=S)[nH]c2c1)N1CCOC2(CCC2)C1. The molecule has 1 amide bonds. The number of carbonyl (C=O) groups is 1. The molecule has 6 nitrogen and oxygen atoms in total. The number of carbonyl (C=O) groups excluding carboxylic acids is 1. The Morgan fingerprint density at radius 3 is 2.87 bits per heavy atom. The molecule has 1 spiro atoms. The lowest BCUT2D eigenvalue weighted by Gasteiger charge is -2.48. The number of morpholine rings is 1. The van der Waals surface area contributed by atoms with E-state index in [0.29, 0.717) is 36.2 Å². The Hall–Kier alpha value is -1.99. The Labute approximate surface area is 137 Å². The van der Waals surface area contributed by atoms with Crippen LogP contribution in [0.2, 0.25) is 0 Å². The van der Waals surface area contributed by atoms with Gasteiger partial charge in [-0.3, -0.25) is 14.6 Å². The molecule has 0 atom stereocenters. The predicted octanol–water partition coefficient (Wildman–Crippen LogP) is 1.98. The Morgan fingerprint density at radius 2 is 2.13 bits per heavy atom. The van der Waals surface area contributed by atoms with Crippen molar-refractivity contribution in [3.8, 4) is 0 Å². The van der Waals surface area contributed by atoms with Crippen LogP contribution in [0.25, 0.3) is 10.9 Å². The van der Waals surface area contributed by atoms with E-state index in [1.54, 1.807) is 18.2 Å². The molecule has 23 heavy (non-hydrogen) atoms. The minimum Gasteiger partial charge on any atom is -0.371 e. The lowest BCUT2D eigenvalue weighted by atomic mass is 9.79. The third kappa shape index (κ3) is 2.49. The van der Waals surface area contributed by atoms with Crippen molar-refractivity contribution in [3.63, 3.8) is 0 Å². The fourth-order valence-electron chi connectivity index (χ4n) is 3.38. The monoisotopic (exact) mass is 331 g/mol. The summed E-state index contributed by atoms with van der Waals surface area (Å²) >= 11 is 4.99. The molecule has 4 rings (SSSR count). The molecular formula is C16H17N3O3S. The van der Waals surface area contributed by atoms with Crippen LogP contribution < -0.4 is 5.56 Å². The van der Waals surface area contributed by atoms with Crippen LogP contribution in [0, 0.1) is 4.77 Å². The van der Waals surface area contributed by atoms with E-state index in [9.17, 15) is 9.59 Å². The Bertz CT molecular complexity index is 897. The molecule has 1 aliphatic heterocycles. The highest BCUT2D eigenvalue weighted by molar-refractivity contribution is 7.71. The van der Waals surface area contributed by atoms with Gasteiger partial charge in [0.15, 0.2) is 4.77 Å². The summed E-state index contributed by atoms with van der Waals surface area (Å²) in [6, 6.07) is 5.05. The number of H-pyrrole nitrogens is 2. The Morgan fingerprint density at radius 1 is 1.30 bits per heavy atom. The van der Waals surface area contributed by atoms with Gasteiger partial charge in [0.1, 0.15) is 0 Å². The first-order chi connectivity index (χ1) is 11.1. The van der Waals surface area contributed by atoms with E-state index >= 15 is 0 Å². The van der Waals surface area contributed by atoms with Gasteiger partial charge >= 0.3 is 0 Å². The van der Waals surface area contributed by atoms with Crippen LogP contribution in [0.3, 0.4) is 0 Å². The van der Waals surface area contributed by atoms with E-state index in [2.05, 4.69) is 9.97 Å². The normalized spacial score (nSPS) is 19.7. The first kappa shape index (κ1) is 14.6. The Balaban J connectivity index is 1.67.